The lowest BCUT2D eigenvalue weighted by Gasteiger charge is -2.07. The van der Waals surface area contributed by atoms with Gasteiger partial charge in [-0.05, 0) is 6.42 Å². The van der Waals surface area contributed by atoms with Crippen molar-refractivity contribution < 1.29 is 0 Å². The Kier molecular flexibility index (Phi) is 0.950. The second-order valence-corrected chi connectivity index (χ2v) is 2.29. The van der Waals surface area contributed by atoms with Crippen molar-refractivity contribution in [2.45, 2.75) is 6.42 Å². The fourth-order valence-corrected chi connectivity index (χ4v) is 1.17. The summed E-state index contributed by atoms with van der Waals surface area (Å²) in [4.78, 5) is 0. The number of hydrogen-bond acceptors (Lipinski definition) is 0. The van der Waals surface area contributed by atoms with Crippen LogP contribution in [0.3, 0.4) is 0 Å². The maximum atomic E-state index is 4.19. The third kappa shape index (κ3) is 0.689. The summed E-state index contributed by atoms with van der Waals surface area (Å²) in [6, 6.07) is 0. The molecule has 1 nitrogen and oxygen atoms in total. The van der Waals surface area contributed by atoms with E-state index in [4.69, 9.17) is 0 Å². The smallest absolute Gasteiger partial charge is 0.0474 e. The van der Waals surface area contributed by atoms with Crippen molar-refractivity contribution in [1.82, 2.24) is 5.32 Å². The zero-order chi connectivity index (χ0) is 6.10. The monoisotopic (exact) mass is 118 g/mol. The minimum Gasteiger partial charge on any atom is -0.261 e. The molecule has 1 atom stereocenters. The van der Waals surface area contributed by atoms with E-state index in [1.807, 2.05) is 6.20 Å². The minimum absolute atomic E-state index is 0.499. The molecule has 9 heavy (non-hydrogen) atoms. The Labute approximate surface area is 54.8 Å². The van der Waals surface area contributed by atoms with Gasteiger partial charge in [0.1, 0.15) is 0 Å². The zero-order valence-electron chi connectivity index (χ0n) is 5.12. The molecule has 0 bridgehead atoms. The van der Waals surface area contributed by atoms with E-state index < -0.39 is 0 Å². The molecule has 1 heterocycles. The lowest BCUT2D eigenvalue weighted by molar-refractivity contribution is 0.883. The van der Waals surface area contributed by atoms with Crippen molar-refractivity contribution in [2.75, 3.05) is 0 Å². The van der Waals surface area contributed by atoms with Crippen molar-refractivity contribution in [3.8, 4) is 0 Å². The maximum absolute atomic E-state index is 4.19. The molecule has 0 saturated carbocycles. The van der Waals surface area contributed by atoms with Crippen LogP contribution in [0.5, 0.6) is 0 Å². The normalized spacial score (nSPS) is 29.3. The van der Waals surface area contributed by atoms with Crippen LogP contribution in [0.15, 0.2) is 36.2 Å². The average molecular weight is 118 g/mol. The predicted octanol–water partition coefficient (Wildman–Crippen LogP) is 1.58. The van der Waals surface area contributed by atoms with Crippen LogP contribution in [0.4, 0.5) is 0 Å². The van der Waals surface area contributed by atoms with Gasteiger partial charge in [0.05, 0.1) is 0 Å². The molecule has 1 aliphatic heterocycles. The first-order valence-electron chi connectivity index (χ1n) is 3.21. The van der Waals surface area contributed by atoms with Crippen LogP contribution >= 0.6 is 0 Å². The topological polar surface area (TPSA) is 14.1 Å². The number of nitrogens with zero attached hydrogens (tertiary/aromatic N) is 1. The van der Waals surface area contributed by atoms with Crippen LogP contribution in [0.2, 0.25) is 0 Å². The van der Waals surface area contributed by atoms with Crippen molar-refractivity contribution in [2.24, 2.45) is 5.92 Å². The van der Waals surface area contributed by atoms with E-state index in [-0.39, 0.29) is 0 Å². The Balaban J connectivity index is 2.29. The van der Waals surface area contributed by atoms with Crippen LogP contribution in [-0.4, -0.2) is 0 Å². The van der Waals surface area contributed by atoms with Gasteiger partial charge in [-0.1, -0.05) is 24.3 Å². The molecule has 0 fully saturated rings. The second-order valence-electron chi connectivity index (χ2n) is 2.29. The number of rotatable bonds is 0. The lowest BCUT2D eigenvalue weighted by Crippen LogP contribution is -2.00. The first-order chi connectivity index (χ1) is 4.47. The average Bonchev–Trinajstić information content (AvgIpc) is 2.33. The molecule has 2 rings (SSSR count). The Morgan fingerprint density at radius 2 is 2.44 bits per heavy atom. The molecule has 1 radical (unpaired) electrons. The highest BCUT2D eigenvalue weighted by Crippen LogP contribution is 2.22. The van der Waals surface area contributed by atoms with E-state index in [0.29, 0.717) is 5.92 Å². The van der Waals surface area contributed by atoms with E-state index in [0.717, 1.165) is 6.42 Å². The minimum atomic E-state index is 0.499. The van der Waals surface area contributed by atoms with Crippen LogP contribution in [0.1, 0.15) is 6.42 Å². The zero-order valence-corrected chi connectivity index (χ0v) is 5.12. The number of allylic oxidation sites excluding steroid dienone is 3. The quantitative estimate of drug-likeness (QED) is 0.429. The van der Waals surface area contributed by atoms with Gasteiger partial charge in [-0.3, -0.25) is 5.32 Å². The summed E-state index contributed by atoms with van der Waals surface area (Å²) in [7, 11) is 0. The second kappa shape index (κ2) is 1.76. The van der Waals surface area contributed by atoms with Crippen molar-refractivity contribution in [1.29, 1.82) is 0 Å². The Morgan fingerprint density at radius 3 is 3.33 bits per heavy atom. The fraction of sp³-hybridized carbons (Fsp3) is 0.250. The standard InChI is InChI=1S/C8H8N/c1-2-4-8-7(3-1)5-6-9-8/h1,3-7H,2H2. The van der Waals surface area contributed by atoms with Crippen LogP contribution < -0.4 is 5.32 Å². The van der Waals surface area contributed by atoms with Crippen LogP contribution in [0, 0.1) is 5.92 Å². The largest absolute Gasteiger partial charge is 0.261 e. The van der Waals surface area contributed by atoms with E-state index >= 15 is 0 Å². The SMILES string of the molecule is C1=CC2C=C[N]C2=CC1. The van der Waals surface area contributed by atoms with Crippen molar-refractivity contribution >= 4 is 0 Å². The molecule has 0 amide bonds. The summed E-state index contributed by atoms with van der Waals surface area (Å²) in [5, 5.41) is 4.19. The number of fused-ring (bicyclic) bond motifs is 1. The molecular weight excluding hydrogens is 110 g/mol. The van der Waals surface area contributed by atoms with E-state index in [1.165, 1.54) is 5.70 Å². The van der Waals surface area contributed by atoms with Gasteiger partial charge in [-0.15, -0.1) is 0 Å². The van der Waals surface area contributed by atoms with Crippen LogP contribution in [-0.2, 0) is 0 Å². The molecular formula is C8H8N. The van der Waals surface area contributed by atoms with Gasteiger partial charge in [0, 0.05) is 17.8 Å². The molecule has 0 spiro atoms. The summed E-state index contributed by atoms with van der Waals surface area (Å²) in [5.41, 5.74) is 1.22. The molecule has 0 aromatic rings. The molecule has 1 aliphatic carbocycles. The summed E-state index contributed by atoms with van der Waals surface area (Å²) < 4.78 is 0. The van der Waals surface area contributed by atoms with Gasteiger partial charge in [0.25, 0.3) is 0 Å². The van der Waals surface area contributed by atoms with Gasteiger partial charge in [0.15, 0.2) is 0 Å². The van der Waals surface area contributed by atoms with Gasteiger partial charge < -0.3 is 0 Å². The van der Waals surface area contributed by atoms with Gasteiger partial charge in [-0.2, -0.15) is 0 Å². The van der Waals surface area contributed by atoms with E-state index in [2.05, 4.69) is 29.6 Å². The summed E-state index contributed by atoms with van der Waals surface area (Å²) >= 11 is 0. The van der Waals surface area contributed by atoms with Gasteiger partial charge in [-0.25, -0.2) is 0 Å². The Morgan fingerprint density at radius 1 is 1.44 bits per heavy atom. The highest BCUT2D eigenvalue weighted by atomic mass is 14.9. The summed E-state index contributed by atoms with van der Waals surface area (Å²) in [6.45, 7) is 0. The highest BCUT2D eigenvalue weighted by molar-refractivity contribution is 5.29. The third-order valence-electron chi connectivity index (χ3n) is 1.67. The molecule has 0 saturated heterocycles. The van der Waals surface area contributed by atoms with Crippen molar-refractivity contribution in [3.63, 3.8) is 0 Å². The molecule has 1 heteroatoms. The van der Waals surface area contributed by atoms with Crippen LogP contribution in [0.25, 0.3) is 0 Å². The molecule has 1 unspecified atom stereocenters. The van der Waals surface area contributed by atoms with Gasteiger partial charge >= 0.3 is 0 Å². The number of hydrogen-bond donors (Lipinski definition) is 0. The maximum Gasteiger partial charge on any atom is 0.0474 e. The third-order valence-corrected chi connectivity index (χ3v) is 1.67. The Bertz CT molecular complexity index is 199. The molecule has 2 aliphatic rings. The summed E-state index contributed by atoms with van der Waals surface area (Å²) in [6.07, 6.45) is 11.6. The first-order valence-corrected chi connectivity index (χ1v) is 3.21. The van der Waals surface area contributed by atoms with E-state index in [1.54, 1.807) is 0 Å². The fourth-order valence-electron chi connectivity index (χ4n) is 1.17. The van der Waals surface area contributed by atoms with Gasteiger partial charge in [0.2, 0.25) is 0 Å². The lowest BCUT2D eigenvalue weighted by atomic mass is 10.0. The first kappa shape index (κ1) is 4.86. The van der Waals surface area contributed by atoms with Crippen molar-refractivity contribution in [3.05, 3.63) is 36.2 Å². The molecule has 0 N–H and O–H groups in total. The summed E-state index contributed by atoms with van der Waals surface area (Å²) in [5.74, 6) is 0.499. The molecule has 0 aromatic carbocycles. The Hall–Kier alpha value is -0.980. The molecule has 0 aromatic heterocycles. The molecule has 45 valence electrons. The highest BCUT2D eigenvalue weighted by Gasteiger charge is 2.14. The predicted molar refractivity (Wildman–Crippen MR) is 36.6 cm³/mol. The van der Waals surface area contributed by atoms with E-state index in [9.17, 15) is 0 Å².